The van der Waals surface area contributed by atoms with E-state index < -0.39 is 0 Å². The van der Waals surface area contributed by atoms with Crippen LogP contribution in [0.15, 0.2) is 18.3 Å². The summed E-state index contributed by atoms with van der Waals surface area (Å²) in [5.74, 6) is 1.33. The van der Waals surface area contributed by atoms with Gasteiger partial charge in [-0.1, -0.05) is 20.8 Å². The summed E-state index contributed by atoms with van der Waals surface area (Å²) in [4.78, 5) is 4.04. The summed E-state index contributed by atoms with van der Waals surface area (Å²) in [7, 11) is 0. The topological polar surface area (TPSA) is 63.0 Å². The van der Waals surface area contributed by atoms with Crippen molar-refractivity contribution in [3.63, 3.8) is 0 Å². The molecule has 4 N–H and O–H groups in total. The molecule has 0 amide bonds. The van der Waals surface area contributed by atoms with Crippen molar-refractivity contribution in [2.24, 2.45) is 11.3 Å². The van der Waals surface area contributed by atoms with Crippen molar-refractivity contribution >= 4 is 28.8 Å². The van der Waals surface area contributed by atoms with E-state index in [0.717, 1.165) is 11.6 Å². The minimum absolute atomic E-state index is 0.416. The van der Waals surface area contributed by atoms with Crippen LogP contribution in [0.2, 0.25) is 0 Å². The Morgan fingerprint density at radius 2 is 1.90 bits per heavy atom. The largest absolute Gasteiger partial charge is 0.384 e. The number of aromatic nitrogens is 1. The minimum atomic E-state index is 0.416. The average molecular weight is 306 g/mol. The molecule has 0 aliphatic heterocycles. The van der Waals surface area contributed by atoms with E-state index in [9.17, 15) is 0 Å². The maximum Gasteiger partial charge on any atom is 0.171 e. The second-order valence-corrected chi connectivity index (χ2v) is 7.39. The lowest BCUT2D eigenvalue weighted by Crippen LogP contribution is -2.41. The van der Waals surface area contributed by atoms with Gasteiger partial charge in [0, 0.05) is 6.04 Å². The minimum Gasteiger partial charge on any atom is -0.384 e. The van der Waals surface area contributed by atoms with Crippen LogP contribution in [0.4, 0.5) is 11.5 Å². The van der Waals surface area contributed by atoms with Crippen molar-refractivity contribution in [2.75, 3.05) is 11.1 Å². The van der Waals surface area contributed by atoms with E-state index in [1.807, 2.05) is 6.07 Å². The maximum atomic E-state index is 5.57. The fraction of sp³-hybridized carbons (Fsp3) is 0.625. The molecule has 5 heteroatoms. The zero-order chi connectivity index (χ0) is 15.5. The first-order valence-corrected chi connectivity index (χ1v) is 8.04. The summed E-state index contributed by atoms with van der Waals surface area (Å²) in [5.41, 5.74) is 6.85. The Bertz CT molecular complexity index is 470. The third-order valence-electron chi connectivity index (χ3n) is 4.33. The number of hydrogen-bond acceptors (Lipinski definition) is 3. The van der Waals surface area contributed by atoms with Gasteiger partial charge in [0.1, 0.15) is 5.82 Å². The molecule has 0 saturated heterocycles. The first kappa shape index (κ1) is 16.0. The SMILES string of the molecule is CC(C)(C)C1CCC(NC(=S)Nc2ccc(N)nc2)CC1. The predicted octanol–water partition coefficient (Wildman–Crippen LogP) is 3.56. The fourth-order valence-electron chi connectivity index (χ4n) is 2.94. The van der Waals surface area contributed by atoms with Crippen molar-refractivity contribution in [1.29, 1.82) is 0 Å². The number of nitrogens with two attached hydrogens (primary N) is 1. The van der Waals surface area contributed by atoms with E-state index in [2.05, 4.69) is 36.4 Å². The highest BCUT2D eigenvalue weighted by molar-refractivity contribution is 7.80. The quantitative estimate of drug-likeness (QED) is 0.729. The van der Waals surface area contributed by atoms with Gasteiger partial charge in [0.2, 0.25) is 0 Å². The lowest BCUT2D eigenvalue weighted by molar-refractivity contribution is 0.166. The summed E-state index contributed by atoms with van der Waals surface area (Å²) in [5, 5.41) is 7.24. The highest BCUT2D eigenvalue weighted by Crippen LogP contribution is 2.37. The van der Waals surface area contributed by atoms with Gasteiger partial charge in [0.15, 0.2) is 5.11 Å². The average Bonchev–Trinajstić information content (AvgIpc) is 2.41. The molecule has 1 aromatic heterocycles. The molecule has 0 unspecified atom stereocenters. The summed E-state index contributed by atoms with van der Waals surface area (Å²) >= 11 is 5.37. The molecule has 1 saturated carbocycles. The van der Waals surface area contributed by atoms with Gasteiger partial charge >= 0.3 is 0 Å². The maximum absolute atomic E-state index is 5.57. The van der Waals surface area contributed by atoms with Crippen LogP contribution in [-0.2, 0) is 0 Å². The van der Waals surface area contributed by atoms with Crippen LogP contribution in [0.5, 0.6) is 0 Å². The van der Waals surface area contributed by atoms with E-state index in [-0.39, 0.29) is 0 Å². The summed E-state index contributed by atoms with van der Waals surface area (Å²) in [6.45, 7) is 7.02. The molecule has 1 fully saturated rings. The van der Waals surface area contributed by atoms with Crippen LogP contribution in [0.25, 0.3) is 0 Å². The molecule has 21 heavy (non-hydrogen) atoms. The summed E-state index contributed by atoms with van der Waals surface area (Å²) in [6, 6.07) is 4.12. The van der Waals surface area contributed by atoms with Crippen LogP contribution in [0.1, 0.15) is 46.5 Å². The normalized spacial score (nSPS) is 22.6. The molecule has 116 valence electrons. The van der Waals surface area contributed by atoms with Gasteiger partial charge in [-0.3, -0.25) is 0 Å². The Labute approximate surface area is 132 Å². The number of pyridine rings is 1. The molecule has 0 atom stereocenters. The standard InChI is InChI=1S/C16H26N4S/c1-16(2,3)11-4-6-12(7-5-11)19-15(21)20-13-8-9-14(17)18-10-13/h8-12H,4-7H2,1-3H3,(H2,17,18)(H2,19,20,21). The number of anilines is 2. The van der Waals surface area contributed by atoms with Gasteiger partial charge in [0.25, 0.3) is 0 Å². The number of nitrogen functional groups attached to an aromatic ring is 1. The second-order valence-electron chi connectivity index (χ2n) is 6.98. The highest BCUT2D eigenvalue weighted by atomic mass is 32.1. The van der Waals surface area contributed by atoms with E-state index in [1.165, 1.54) is 25.7 Å². The molecule has 1 aromatic rings. The first-order chi connectivity index (χ1) is 9.84. The summed E-state index contributed by atoms with van der Waals surface area (Å²) < 4.78 is 0. The molecular weight excluding hydrogens is 280 g/mol. The molecule has 1 aliphatic carbocycles. The number of nitrogens with zero attached hydrogens (tertiary/aromatic N) is 1. The van der Waals surface area contributed by atoms with E-state index >= 15 is 0 Å². The molecule has 1 aliphatic rings. The van der Waals surface area contributed by atoms with E-state index in [4.69, 9.17) is 18.0 Å². The summed E-state index contributed by atoms with van der Waals surface area (Å²) in [6.07, 6.45) is 6.60. The number of hydrogen-bond donors (Lipinski definition) is 3. The van der Waals surface area contributed by atoms with Crippen LogP contribution in [-0.4, -0.2) is 16.1 Å². The number of nitrogens with one attached hydrogen (secondary N) is 2. The molecule has 1 heterocycles. The number of thiocarbonyl (C=S) groups is 1. The Morgan fingerprint density at radius 3 is 2.43 bits per heavy atom. The molecule has 0 radical (unpaired) electrons. The van der Waals surface area contributed by atoms with Gasteiger partial charge in [-0.25, -0.2) is 4.98 Å². The number of rotatable bonds is 2. The van der Waals surface area contributed by atoms with Crippen LogP contribution in [0.3, 0.4) is 0 Å². The molecule has 0 aromatic carbocycles. The Kier molecular flexibility index (Phi) is 5.04. The van der Waals surface area contributed by atoms with Gasteiger partial charge in [-0.15, -0.1) is 0 Å². The van der Waals surface area contributed by atoms with Gasteiger partial charge in [-0.05, 0) is 61.4 Å². The van der Waals surface area contributed by atoms with Crippen LogP contribution >= 0.6 is 12.2 Å². The monoisotopic (exact) mass is 306 g/mol. The van der Waals surface area contributed by atoms with Crippen molar-refractivity contribution in [1.82, 2.24) is 10.3 Å². The molecule has 4 nitrogen and oxygen atoms in total. The third kappa shape index (κ3) is 4.84. The van der Waals surface area contributed by atoms with Crippen molar-refractivity contribution in [3.05, 3.63) is 18.3 Å². The zero-order valence-electron chi connectivity index (χ0n) is 13.1. The van der Waals surface area contributed by atoms with Crippen LogP contribution < -0.4 is 16.4 Å². The second kappa shape index (κ2) is 6.60. The molecule has 0 bridgehead atoms. The van der Waals surface area contributed by atoms with Crippen molar-refractivity contribution < 1.29 is 0 Å². The highest BCUT2D eigenvalue weighted by Gasteiger charge is 2.29. The first-order valence-electron chi connectivity index (χ1n) is 7.63. The Morgan fingerprint density at radius 1 is 1.24 bits per heavy atom. The van der Waals surface area contributed by atoms with Crippen molar-refractivity contribution in [3.8, 4) is 0 Å². The lowest BCUT2D eigenvalue weighted by atomic mass is 9.71. The molecular formula is C16H26N4S. The van der Waals surface area contributed by atoms with E-state index in [1.54, 1.807) is 12.3 Å². The molecule has 0 spiro atoms. The van der Waals surface area contributed by atoms with E-state index in [0.29, 0.717) is 22.4 Å². The van der Waals surface area contributed by atoms with Gasteiger partial charge in [-0.2, -0.15) is 0 Å². The predicted molar refractivity (Wildman–Crippen MR) is 93.2 cm³/mol. The van der Waals surface area contributed by atoms with Gasteiger partial charge < -0.3 is 16.4 Å². The fourth-order valence-corrected chi connectivity index (χ4v) is 3.22. The zero-order valence-corrected chi connectivity index (χ0v) is 14.0. The Balaban J connectivity index is 1.78. The Hall–Kier alpha value is -1.36. The molecule has 2 rings (SSSR count). The lowest BCUT2D eigenvalue weighted by Gasteiger charge is -2.37. The van der Waals surface area contributed by atoms with Crippen LogP contribution in [0, 0.1) is 11.3 Å². The third-order valence-corrected chi connectivity index (χ3v) is 4.55. The van der Waals surface area contributed by atoms with Crippen molar-refractivity contribution in [2.45, 2.75) is 52.5 Å². The van der Waals surface area contributed by atoms with Gasteiger partial charge in [0.05, 0.1) is 11.9 Å². The smallest absolute Gasteiger partial charge is 0.171 e.